The van der Waals surface area contributed by atoms with Crippen molar-refractivity contribution in [3.63, 3.8) is 0 Å². The zero-order valence-electron chi connectivity index (χ0n) is 9.79. The SMILES string of the molecule is Fc1cc(-n2cc(-c3ccccc3)nn2)ccc1Br. The molecule has 1 heterocycles. The molecule has 19 heavy (non-hydrogen) atoms. The first-order valence-electron chi connectivity index (χ1n) is 5.67. The highest BCUT2D eigenvalue weighted by molar-refractivity contribution is 9.10. The standard InChI is InChI=1S/C14H9BrFN3/c15-12-7-6-11(8-13(12)16)19-9-14(17-18-19)10-4-2-1-3-5-10/h1-9H. The Morgan fingerprint density at radius 1 is 1.05 bits per heavy atom. The summed E-state index contributed by atoms with van der Waals surface area (Å²) < 4.78 is 15.5. The number of rotatable bonds is 2. The van der Waals surface area contributed by atoms with Crippen molar-refractivity contribution in [1.29, 1.82) is 0 Å². The Bertz CT molecular complexity index is 710. The molecule has 2 aromatic carbocycles. The number of benzene rings is 2. The fraction of sp³-hybridized carbons (Fsp3) is 0. The van der Waals surface area contributed by atoms with Crippen molar-refractivity contribution in [2.24, 2.45) is 0 Å². The molecule has 0 aliphatic rings. The second-order valence-corrected chi connectivity index (χ2v) is 4.87. The maximum absolute atomic E-state index is 13.5. The molecule has 3 rings (SSSR count). The van der Waals surface area contributed by atoms with E-state index in [0.29, 0.717) is 10.2 Å². The molecule has 0 spiro atoms. The van der Waals surface area contributed by atoms with Gasteiger partial charge in [0.2, 0.25) is 0 Å². The Kier molecular flexibility index (Phi) is 3.13. The van der Waals surface area contributed by atoms with E-state index in [2.05, 4.69) is 26.2 Å². The minimum Gasteiger partial charge on any atom is -0.220 e. The van der Waals surface area contributed by atoms with Crippen LogP contribution in [0.4, 0.5) is 4.39 Å². The number of aromatic nitrogens is 3. The van der Waals surface area contributed by atoms with Gasteiger partial charge in [0.25, 0.3) is 0 Å². The van der Waals surface area contributed by atoms with Crippen LogP contribution in [0.15, 0.2) is 59.2 Å². The van der Waals surface area contributed by atoms with E-state index in [-0.39, 0.29) is 5.82 Å². The van der Waals surface area contributed by atoms with Gasteiger partial charge >= 0.3 is 0 Å². The van der Waals surface area contributed by atoms with Gasteiger partial charge < -0.3 is 0 Å². The average Bonchev–Trinajstić information content (AvgIpc) is 2.93. The third-order valence-corrected chi connectivity index (χ3v) is 3.37. The Hall–Kier alpha value is -2.01. The molecule has 3 aromatic rings. The van der Waals surface area contributed by atoms with Crippen molar-refractivity contribution in [3.8, 4) is 16.9 Å². The van der Waals surface area contributed by atoms with Crippen LogP contribution < -0.4 is 0 Å². The van der Waals surface area contributed by atoms with E-state index in [4.69, 9.17) is 0 Å². The first-order valence-corrected chi connectivity index (χ1v) is 6.46. The third kappa shape index (κ3) is 2.42. The lowest BCUT2D eigenvalue weighted by molar-refractivity contribution is 0.618. The lowest BCUT2D eigenvalue weighted by Crippen LogP contribution is -1.95. The summed E-state index contributed by atoms with van der Waals surface area (Å²) in [7, 11) is 0. The number of hydrogen-bond donors (Lipinski definition) is 0. The molecule has 0 atom stereocenters. The summed E-state index contributed by atoms with van der Waals surface area (Å²) in [6.45, 7) is 0. The molecule has 0 aliphatic heterocycles. The highest BCUT2D eigenvalue weighted by Gasteiger charge is 2.07. The minimum atomic E-state index is -0.325. The zero-order valence-corrected chi connectivity index (χ0v) is 11.4. The molecule has 0 unspecified atom stereocenters. The molecule has 0 aliphatic carbocycles. The Morgan fingerprint density at radius 3 is 2.58 bits per heavy atom. The van der Waals surface area contributed by atoms with Crippen molar-refractivity contribution in [2.45, 2.75) is 0 Å². The summed E-state index contributed by atoms with van der Waals surface area (Å²) in [6, 6.07) is 14.6. The Morgan fingerprint density at radius 2 is 1.84 bits per heavy atom. The van der Waals surface area contributed by atoms with Crippen LogP contribution in [0.1, 0.15) is 0 Å². The molecule has 3 nitrogen and oxygen atoms in total. The molecule has 0 radical (unpaired) electrons. The summed E-state index contributed by atoms with van der Waals surface area (Å²) in [5.74, 6) is -0.325. The average molecular weight is 318 g/mol. The van der Waals surface area contributed by atoms with Crippen molar-refractivity contribution in [2.75, 3.05) is 0 Å². The van der Waals surface area contributed by atoms with Gasteiger partial charge in [0, 0.05) is 11.6 Å². The molecule has 0 bridgehead atoms. The largest absolute Gasteiger partial charge is 0.220 e. The molecule has 94 valence electrons. The van der Waals surface area contributed by atoms with Crippen LogP contribution in [0, 0.1) is 5.82 Å². The Balaban J connectivity index is 1.99. The summed E-state index contributed by atoms with van der Waals surface area (Å²) >= 11 is 3.12. The number of halogens is 2. The number of hydrogen-bond acceptors (Lipinski definition) is 2. The molecule has 0 saturated heterocycles. The molecular formula is C14H9BrFN3. The third-order valence-electron chi connectivity index (χ3n) is 2.73. The van der Waals surface area contributed by atoms with E-state index in [0.717, 1.165) is 11.3 Å². The zero-order chi connectivity index (χ0) is 13.2. The highest BCUT2D eigenvalue weighted by atomic mass is 79.9. The van der Waals surface area contributed by atoms with Crippen LogP contribution in [0.2, 0.25) is 0 Å². The van der Waals surface area contributed by atoms with Gasteiger partial charge in [-0.3, -0.25) is 0 Å². The molecule has 0 saturated carbocycles. The van der Waals surface area contributed by atoms with Crippen LogP contribution >= 0.6 is 15.9 Å². The summed E-state index contributed by atoms with van der Waals surface area (Å²) in [6.07, 6.45) is 1.78. The Labute approximate surface area is 117 Å². The second-order valence-electron chi connectivity index (χ2n) is 4.01. The van der Waals surface area contributed by atoms with E-state index in [1.807, 2.05) is 30.3 Å². The molecular weight excluding hydrogens is 309 g/mol. The van der Waals surface area contributed by atoms with Gasteiger partial charge in [-0.1, -0.05) is 35.5 Å². The number of nitrogens with zero attached hydrogens (tertiary/aromatic N) is 3. The van der Waals surface area contributed by atoms with Gasteiger partial charge in [0.15, 0.2) is 0 Å². The van der Waals surface area contributed by atoms with E-state index in [1.54, 1.807) is 23.0 Å². The second kappa shape index (κ2) is 4.93. The van der Waals surface area contributed by atoms with Gasteiger partial charge in [0.1, 0.15) is 11.5 Å². The van der Waals surface area contributed by atoms with Gasteiger partial charge in [0.05, 0.1) is 16.4 Å². The van der Waals surface area contributed by atoms with Crippen LogP contribution in [0.3, 0.4) is 0 Å². The van der Waals surface area contributed by atoms with Crippen molar-refractivity contribution in [1.82, 2.24) is 15.0 Å². The van der Waals surface area contributed by atoms with E-state index >= 15 is 0 Å². The summed E-state index contributed by atoms with van der Waals surface area (Å²) in [5, 5.41) is 8.11. The predicted molar refractivity (Wildman–Crippen MR) is 74.5 cm³/mol. The van der Waals surface area contributed by atoms with Crippen molar-refractivity contribution in [3.05, 3.63) is 65.0 Å². The topological polar surface area (TPSA) is 30.7 Å². The van der Waals surface area contributed by atoms with E-state index < -0.39 is 0 Å². The molecule has 0 amide bonds. The van der Waals surface area contributed by atoms with Crippen LogP contribution in [-0.2, 0) is 0 Å². The van der Waals surface area contributed by atoms with Crippen LogP contribution in [-0.4, -0.2) is 15.0 Å². The minimum absolute atomic E-state index is 0.325. The summed E-state index contributed by atoms with van der Waals surface area (Å²) in [4.78, 5) is 0. The van der Waals surface area contributed by atoms with Gasteiger partial charge in [-0.05, 0) is 28.1 Å². The van der Waals surface area contributed by atoms with Crippen LogP contribution in [0.5, 0.6) is 0 Å². The fourth-order valence-electron chi connectivity index (χ4n) is 1.76. The molecule has 0 N–H and O–H groups in total. The molecule has 0 fully saturated rings. The van der Waals surface area contributed by atoms with Crippen molar-refractivity contribution < 1.29 is 4.39 Å². The molecule has 1 aromatic heterocycles. The van der Waals surface area contributed by atoms with Gasteiger partial charge in [-0.2, -0.15) is 0 Å². The first-order chi connectivity index (χ1) is 9.24. The maximum atomic E-state index is 13.5. The highest BCUT2D eigenvalue weighted by Crippen LogP contribution is 2.20. The first kappa shape index (κ1) is 12.0. The normalized spacial score (nSPS) is 10.6. The monoisotopic (exact) mass is 317 g/mol. The van der Waals surface area contributed by atoms with Gasteiger partial charge in [-0.15, -0.1) is 5.10 Å². The fourth-order valence-corrected chi connectivity index (χ4v) is 2.01. The predicted octanol–water partition coefficient (Wildman–Crippen LogP) is 3.84. The summed E-state index contributed by atoms with van der Waals surface area (Å²) in [5.41, 5.74) is 2.37. The lowest BCUT2D eigenvalue weighted by Gasteiger charge is -2.00. The van der Waals surface area contributed by atoms with E-state index in [1.165, 1.54) is 6.07 Å². The quantitative estimate of drug-likeness (QED) is 0.719. The van der Waals surface area contributed by atoms with Crippen LogP contribution in [0.25, 0.3) is 16.9 Å². The molecule has 5 heteroatoms. The maximum Gasteiger partial charge on any atom is 0.139 e. The van der Waals surface area contributed by atoms with Crippen molar-refractivity contribution >= 4 is 15.9 Å². The van der Waals surface area contributed by atoms with E-state index in [9.17, 15) is 4.39 Å². The smallest absolute Gasteiger partial charge is 0.139 e. The lowest BCUT2D eigenvalue weighted by atomic mass is 10.2. The van der Waals surface area contributed by atoms with Gasteiger partial charge in [-0.25, -0.2) is 9.07 Å².